The largest absolute Gasteiger partial charge is 0.396 e. The van der Waals surface area contributed by atoms with Gasteiger partial charge in [0.2, 0.25) is 41.4 Å². The number of aromatic nitrogens is 3. The highest BCUT2D eigenvalue weighted by atomic mass is 31.2. The summed E-state index contributed by atoms with van der Waals surface area (Å²) >= 11 is 0. The molecule has 6 aromatic rings. The lowest BCUT2D eigenvalue weighted by Gasteiger charge is -2.39. The molecule has 5 atom stereocenters. The van der Waals surface area contributed by atoms with Crippen LogP contribution < -0.4 is 32.7 Å². The number of imide groups is 1. The van der Waals surface area contributed by atoms with Gasteiger partial charge in [-0.1, -0.05) is 72.5 Å². The average Bonchev–Trinajstić information content (AvgIpc) is 3.95. The Kier molecular flexibility index (Phi) is 16.9. The lowest BCUT2D eigenvalue weighted by atomic mass is 9.98. The van der Waals surface area contributed by atoms with E-state index in [9.17, 15) is 57.5 Å². The van der Waals surface area contributed by atoms with Gasteiger partial charge in [0.15, 0.2) is 0 Å². The molecule has 2 unspecified atom stereocenters. The van der Waals surface area contributed by atoms with Crippen molar-refractivity contribution in [3.63, 3.8) is 0 Å². The van der Waals surface area contributed by atoms with E-state index in [1.54, 1.807) is 25.2 Å². The number of imidazole rings is 1. The van der Waals surface area contributed by atoms with Crippen LogP contribution >= 0.6 is 7.60 Å². The van der Waals surface area contributed by atoms with E-state index in [1.807, 2.05) is 60.7 Å². The summed E-state index contributed by atoms with van der Waals surface area (Å²) in [7, 11) is -3.56. The van der Waals surface area contributed by atoms with Crippen LogP contribution in [0.2, 0.25) is 0 Å². The predicted octanol–water partition coefficient (Wildman–Crippen LogP) is 2.69. The van der Waals surface area contributed by atoms with Gasteiger partial charge in [0, 0.05) is 73.9 Å². The first-order valence-corrected chi connectivity index (χ1v) is 28.0. The number of aryl methyl sites for hydroxylation is 1. The fourth-order valence-corrected chi connectivity index (χ4v) is 11.3. The fraction of sp³-hybridized carbons (Fsp3) is 0.333. The van der Waals surface area contributed by atoms with Crippen LogP contribution in [0.5, 0.6) is 0 Å². The van der Waals surface area contributed by atoms with Crippen LogP contribution in [0, 0.1) is 11.8 Å². The van der Waals surface area contributed by atoms with Gasteiger partial charge in [-0.3, -0.25) is 62.2 Å². The molecule has 3 aliphatic heterocycles. The maximum absolute atomic E-state index is 15.0. The number of nitrogens with two attached hydrogens (primary N) is 1. The number of fused-ring (bicyclic) bond motifs is 3. The number of H-pyrrole nitrogens is 1. The first kappa shape index (κ1) is 56.7. The number of hydrogen-bond donors (Lipinski definition) is 8. The standard InChI is InChI=1S/C57H59N10O13P/c1-64-46-29-33(17-22-43(46)67(57(64)77)45-24-26-48(69)62-54(45)74)11-5-2-10-16-49(70)65-28-27-38-19-23-44(53(73)60-40(21-25-47(58)68)51(71)63-50(34-12-6-3-7-13-34)35-14-8-4-9-15-35)66(38)55(75)42(32-65)61-52(72)41-31-37-30-36(18-20-39(37)59-41)56(76)81(78,79)80/h3-4,6-9,12-15,17-18,20,22,29-31,38,40,42,44-45,50,59H,2,10,16,19,21,23-28,32H2,1H3,(H2,58,68)(H,60,73)(H,61,72)(H,63,71)(H,62,69,74)(H2,78,79,80)/t38?,40-,42-,44-,45?/m0/s1. The second kappa shape index (κ2) is 24.2. The summed E-state index contributed by atoms with van der Waals surface area (Å²) in [5.74, 6) is 1.37. The molecule has 0 aliphatic carbocycles. The van der Waals surface area contributed by atoms with Crippen molar-refractivity contribution in [2.24, 2.45) is 12.8 Å². The number of amides is 8. The lowest BCUT2D eigenvalue weighted by molar-refractivity contribution is -0.145. The second-order valence-electron chi connectivity index (χ2n) is 20.3. The number of piperidine rings is 1. The number of unbranched alkanes of at least 4 members (excludes halogenated alkanes) is 1. The van der Waals surface area contributed by atoms with Crippen molar-refractivity contribution in [2.75, 3.05) is 13.1 Å². The molecule has 4 aromatic carbocycles. The molecule has 24 heteroatoms. The van der Waals surface area contributed by atoms with E-state index < -0.39 is 96.4 Å². The van der Waals surface area contributed by atoms with Crippen molar-refractivity contribution < 1.29 is 57.5 Å². The van der Waals surface area contributed by atoms with Gasteiger partial charge in [0.05, 0.1) is 17.1 Å². The van der Waals surface area contributed by atoms with E-state index in [0.717, 1.165) is 11.1 Å². The van der Waals surface area contributed by atoms with Gasteiger partial charge in [0.1, 0.15) is 29.9 Å². The zero-order chi connectivity index (χ0) is 57.7. The molecular weight excluding hydrogens is 1060 g/mol. The van der Waals surface area contributed by atoms with Crippen LogP contribution in [0.25, 0.3) is 21.9 Å². The summed E-state index contributed by atoms with van der Waals surface area (Å²) in [6.45, 7) is -0.182. The first-order valence-electron chi connectivity index (χ1n) is 26.4. The Bertz CT molecular complexity index is 3630. The highest BCUT2D eigenvalue weighted by Gasteiger charge is 2.46. The number of benzene rings is 4. The number of carbonyl (C=O) groups is 9. The Morgan fingerprint density at radius 3 is 2.22 bits per heavy atom. The van der Waals surface area contributed by atoms with Crippen molar-refractivity contribution >= 4 is 82.3 Å². The van der Waals surface area contributed by atoms with Crippen LogP contribution in [-0.4, -0.2) is 124 Å². The summed E-state index contributed by atoms with van der Waals surface area (Å²) in [5, 5.41) is 11.1. The quantitative estimate of drug-likeness (QED) is 0.0282. The Morgan fingerprint density at radius 2 is 1.54 bits per heavy atom. The summed E-state index contributed by atoms with van der Waals surface area (Å²) in [5.41, 5.74) is 6.77. The van der Waals surface area contributed by atoms with Crippen LogP contribution in [0.1, 0.15) is 114 Å². The number of nitrogens with zero attached hydrogens (tertiary/aromatic N) is 4. The van der Waals surface area contributed by atoms with Crippen molar-refractivity contribution in [3.05, 3.63) is 142 Å². The van der Waals surface area contributed by atoms with Gasteiger partial charge in [-0.25, -0.2) is 4.79 Å². The molecule has 23 nitrogen and oxygen atoms in total. The molecule has 0 spiro atoms. The summed E-state index contributed by atoms with van der Waals surface area (Å²) in [6, 6.07) is 22.7. The van der Waals surface area contributed by atoms with Gasteiger partial charge >= 0.3 is 13.3 Å². The third-order valence-electron chi connectivity index (χ3n) is 14.9. The summed E-state index contributed by atoms with van der Waals surface area (Å²) in [4.78, 5) is 159. The number of nitrogens with one attached hydrogen (secondary N) is 5. The van der Waals surface area contributed by atoms with E-state index in [4.69, 9.17) is 5.73 Å². The molecule has 3 fully saturated rings. The topological polar surface area (TPSA) is 335 Å². The number of rotatable bonds is 17. The van der Waals surface area contributed by atoms with Gasteiger partial charge in [0.25, 0.3) is 11.4 Å². The van der Waals surface area contributed by atoms with Crippen LogP contribution in [0.4, 0.5) is 0 Å². The van der Waals surface area contributed by atoms with Crippen molar-refractivity contribution in [1.29, 1.82) is 0 Å². The Hall–Kier alpha value is -8.97. The van der Waals surface area contributed by atoms with Crippen LogP contribution in [0.15, 0.2) is 108 Å². The van der Waals surface area contributed by atoms with Crippen molar-refractivity contribution in [2.45, 2.75) is 100 Å². The third-order valence-corrected chi connectivity index (χ3v) is 15.7. The molecule has 9 N–H and O–H groups in total. The van der Waals surface area contributed by atoms with E-state index in [-0.39, 0.29) is 87.0 Å². The molecule has 420 valence electrons. The van der Waals surface area contributed by atoms with Gasteiger partial charge < -0.3 is 46.3 Å². The maximum atomic E-state index is 15.0. The summed E-state index contributed by atoms with van der Waals surface area (Å²) < 4.78 is 14.5. The molecule has 8 amide bonds. The molecule has 2 aromatic heterocycles. The fourth-order valence-electron chi connectivity index (χ4n) is 10.8. The van der Waals surface area contributed by atoms with Crippen LogP contribution in [-0.2, 0) is 45.2 Å². The minimum atomic E-state index is -5.14. The number of aromatic amines is 1. The molecule has 0 saturated carbocycles. The Morgan fingerprint density at radius 1 is 0.827 bits per heavy atom. The minimum Gasteiger partial charge on any atom is -0.370 e. The number of primary amides is 1. The smallest absolute Gasteiger partial charge is 0.370 e. The normalized spacial score (nSPS) is 18.7. The molecule has 9 rings (SSSR count). The Labute approximate surface area is 463 Å². The maximum Gasteiger partial charge on any atom is 0.396 e. The van der Waals surface area contributed by atoms with Gasteiger partial charge in [-0.05, 0) is 92.1 Å². The monoisotopic (exact) mass is 1120 g/mol. The molecule has 3 aliphatic rings. The SMILES string of the molecule is Cn1c(=O)n(C2CCC(=O)NC2=O)c2ccc(C#CCCCC(=O)N3CCC4CC[C@@H](C(=O)N[C@@H](CCC(N)=O)C(=O)NC(c5ccccc5)c5ccccc5)N4C(=O)[C@@H](NC(=O)c4cc5cc(C(=O)P(=O)(O)O)ccc5[nH]4)C3)cc21. The number of hydrogen-bond acceptors (Lipinski definition) is 11. The zero-order valence-corrected chi connectivity index (χ0v) is 44.9. The highest BCUT2D eigenvalue weighted by molar-refractivity contribution is 7.70. The molecule has 5 heterocycles. The highest BCUT2D eigenvalue weighted by Crippen LogP contribution is 2.39. The van der Waals surface area contributed by atoms with E-state index in [2.05, 4.69) is 38.1 Å². The van der Waals surface area contributed by atoms with E-state index in [1.165, 1.54) is 43.2 Å². The zero-order valence-electron chi connectivity index (χ0n) is 44.0. The van der Waals surface area contributed by atoms with Crippen LogP contribution in [0.3, 0.4) is 0 Å². The number of carbonyl (C=O) groups excluding carboxylic acids is 9. The van der Waals surface area contributed by atoms with Gasteiger partial charge in [-0.2, -0.15) is 0 Å². The predicted molar refractivity (Wildman–Crippen MR) is 293 cm³/mol. The molecule has 0 bridgehead atoms. The van der Waals surface area contributed by atoms with E-state index >= 15 is 4.79 Å². The Balaban J connectivity index is 0.923. The van der Waals surface area contributed by atoms with Crippen molar-refractivity contribution in [3.8, 4) is 11.8 Å². The minimum absolute atomic E-state index is 0.00708. The third kappa shape index (κ3) is 12.7. The van der Waals surface area contributed by atoms with Crippen molar-refractivity contribution in [1.82, 2.24) is 45.2 Å². The van der Waals surface area contributed by atoms with E-state index in [0.29, 0.717) is 35.0 Å². The molecule has 81 heavy (non-hydrogen) atoms. The molecular formula is C57H59N10O13P. The second-order valence-corrected chi connectivity index (χ2v) is 21.8. The van der Waals surface area contributed by atoms with Gasteiger partial charge in [-0.15, -0.1) is 0 Å². The molecule has 0 radical (unpaired) electrons. The lowest BCUT2D eigenvalue weighted by Crippen LogP contribution is -2.62. The summed E-state index contributed by atoms with van der Waals surface area (Å²) in [6.07, 6.45) is 1.21. The first-order chi connectivity index (χ1) is 38.7. The average molecular weight is 1120 g/mol. The molecule has 3 saturated heterocycles.